The second kappa shape index (κ2) is 6.79. The summed E-state index contributed by atoms with van der Waals surface area (Å²) in [6.07, 6.45) is 1.80. The van der Waals surface area contributed by atoms with Crippen molar-refractivity contribution in [2.75, 3.05) is 0 Å². The maximum absolute atomic E-state index is 5.73. The van der Waals surface area contributed by atoms with Crippen molar-refractivity contribution < 1.29 is 8.94 Å². The van der Waals surface area contributed by atoms with Crippen molar-refractivity contribution in [3.8, 4) is 10.8 Å². The molecular formula is C14H17N5O2S2. The number of nitrogens with zero attached hydrogens (tertiary/aromatic N) is 5. The number of hydrogen-bond acceptors (Lipinski definition) is 9. The standard InChI is InChI=1S/C14H17N5O2S2/c1-5-6-10-16-12(21-19-10)8(3)22-14-18-17-13(20-14)11-7(2)15-9(4)23-11/h8H,5-6H2,1-4H3. The Labute approximate surface area is 141 Å². The zero-order valence-corrected chi connectivity index (χ0v) is 15.0. The van der Waals surface area contributed by atoms with E-state index in [1.807, 2.05) is 20.8 Å². The smallest absolute Gasteiger partial charge is 0.277 e. The highest BCUT2D eigenvalue weighted by Gasteiger charge is 2.20. The third kappa shape index (κ3) is 3.61. The largest absolute Gasteiger partial charge is 0.410 e. The summed E-state index contributed by atoms with van der Waals surface area (Å²) < 4.78 is 11.0. The first-order valence-corrected chi connectivity index (χ1v) is 9.03. The molecule has 0 saturated carbocycles. The Morgan fingerprint density at radius 3 is 2.74 bits per heavy atom. The number of hydrogen-bond donors (Lipinski definition) is 0. The molecule has 0 saturated heterocycles. The van der Waals surface area contributed by atoms with E-state index in [4.69, 9.17) is 8.94 Å². The van der Waals surface area contributed by atoms with Crippen LogP contribution < -0.4 is 0 Å². The van der Waals surface area contributed by atoms with Crippen LogP contribution in [0.15, 0.2) is 14.2 Å². The molecule has 3 heterocycles. The van der Waals surface area contributed by atoms with Crippen LogP contribution >= 0.6 is 23.1 Å². The second-order valence-corrected chi connectivity index (χ2v) is 7.57. The van der Waals surface area contributed by atoms with Gasteiger partial charge in [0, 0.05) is 6.42 Å². The number of rotatable bonds is 6. The van der Waals surface area contributed by atoms with Crippen LogP contribution in [0.3, 0.4) is 0 Å². The Morgan fingerprint density at radius 1 is 1.22 bits per heavy atom. The summed E-state index contributed by atoms with van der Waals surface area (Å²) in [7, 11) is 0. The van der Waals surface area contributed by atoms with E-state index >= 15 is 0 Å². The van der Waals surface area contributed by atoms with Crippen molar-refractivity contribution in [2.24, 2.45) is 0 Å². The molecule has 0 aliphatic carbocycles. The second-order valence-electron chi connectivity index (χ2n) is 5.08. The number of aryl methyl sites for hydroxylation is 3. The van der Waals surface area contributed by atoms with E-state index in [-0.39, 0.29) is 5.25 Å². The fourth-order valence-corrected chi connectivity index (χ4v) is 3.59. The molecule has 7 nitrogen and oxygen atoms in total. The first-order valence-electron chi connectivity index (χ1n) is 7.33. The third-order valence-corrected chi connectivity index (χ3v) is 5.07. The van der Waals surface area contributed by atoms with E-state index in [0.29, 0.717) is 17.0 Å². The maximum atomic E-state index is 5.73. The predicted octanol–water partition coefficient (Wildman–Crippen LogP) is 4.00. The Hall–Kier alpha value is -1.74. The van der Waals surface area contributed by atoms with E-state index in [2.05, 4.69) is 32.2 Å². The molecule has 0 radical (unpaired) electrons. The molecule has 3 aromatic rings. The fourth-order valence-electron chi connectivity index (χ4n) is 2.04. The lowest BCUT2D eigenvalue weighted by atomic mass is 10.3. The fraction of sp³-hybridized carbons (Fsp3) is 0.500. The van der Waals surface area contributed by atoms with Gasteiger partial charge < -0.3 is 8.94 Å². The lowest BCUT2D eigenvalue weighted by Gasteiger charge is -2.00. The van der Waals surface area contributed by atoms with E-state index in [9.17, 15) is 0 Å². The molecule has 1 unspecified atom stereocenters. The van der Waals surface area contributed by atoms with E-state index in [1.165, 1.54) is 11.8 Å². The van der Waals surface area contributed by atoms with E-state index < -0.39 is 0 Å². The van der Waals surface area contributed by atoms with Crippen molar-refractivity contribution in [1.82, 2.24) is 25.3 Å². The van der Waals surface area contributed by atoms with Crippen molar-refractivity contribution in [2.45, 2.75) is 51.0 Å². The predicted molar refractivity (Wildman–Crippen MR) is 87.4 cm³/mol. The van der Waals surface area contributed by atoms with Crippen LogP contribution in [0, 0.1) is 13.8 Å². The van der Waals surface area contributed by atoms with Crippen LogP contribution in [0.4, 0.5) is 0 Å². The summed E-state index contributed by atoms with van der Waals surface area (Å²) in [4.78, 5) is 9.67. The number of thioether (sulfide) groups is 1. The molecule has 0 aliphatic rings. The summed E-state index contributed by atoms with van der Waals surface area (Å²) >= 11 is 2.95. The molecule has 122 valence electrons. The molecule has 9 heteroatoms. The van der Waals surface area contributed by atoms with E-state index in [1.54, 1.807) is 11.3 Å². The van der Waals surface area contributed by atoms with Crippen molar-refractivity contribution in [3.05, 3.63) is 22.4 Å². The lowest BCUT2D eigenvalue weighted by molar-refractivity contribution is 0.373. The van der Waals surface area contributed by atoms with Gasteiger partial charge in [-0.3, -0.25) is 0 Å². The molecule has 0 aromatic carbocycles. The summed E-state index contributed by atoms with van der Waals surface area (Å²) in [6.45, 7) is 7.95. The lowest BCUT2D eigenvalue weighted by Crippen LogP contribution is -1.90. The minimum atomic E-state index is -0.0503. The molecule has 3 aromatic heterocycles. The zero-order chi connectivity index (χ0) is 16.4. The van der Waals surface area contributed by atoms with Crippen molar-refractivity contribution in [1.29, 1.82) is 0 Å². The molecule has 0 amide bonds. The van der Waals surface area contributed by atoms with Crippen LogP contribution in [0.5, 0.6) is 0 Å². The highest BCUT2D eigenvalue weighted by atomic mass is 32.2. The van der Waals surface area contributed by atoms with Gasteiger partial charge in [0.2, 0.25) is 5.89 Å². The van der Waals surface area contributed by atoms with Crippen molar-refractivity contribution in [3.63, 3.8) is 0 Å². The Balaban J connectivity index is 1.72. The van der Waals surface area contributed by atoms with Gasteiger partial charge in [-0.1, -0.05) is 23.8 Å². The Morgan fingerprint density at radius 2 is 2.04 bits per heavy atom. The van der Waals surface area contributed by atoms with Crippen LogP contribution in [-0.2, 0) is 6.42 Å². The highest BCUT2D eigenvalue weighted by Crippen LogP contribution is 2.36. The Bertz CT molecular complexity index is 795. The van der Waals surface area contributed by atoms with Crippen molar-refractivity contribution >= 4 is 23.1 Å². The monoisotopic (exact) mass is 351 g/mol. The number of aromatic nitrogens is 5. The average molecular weight is 351 g/mol. The van der Waals surface area contributed by atoms with Gasteiger partial charge in [-0.2, -0.15) is 4.98 Å². The van der Waals surface area contributed by atoms with Gasteiger partial charge in [-0.25, -0.2) is 4.98 Å². The molecule has 0 aliphatic heterocycles. The van der Waals surface area contributed by atoms with Gasteiger partial charge in [-0.05, 0) is 27.2 Å². The first kappa shape index (κ1) is 16.1. The molecule has 23 heavy (non-hydrogen) atoms. The minimum Gasteiger partial charge on any atom is -0.410 e. The molecular weight excluding hydrogens is 334 g/mol. The molecule has 0 N–H and O–H groups in total. The summed E-state index contributed by atoms with van der Waals surface area (Å²) in [5.74, 6) is 1.81. The van der Waals surface area contributed by atoms with Crippen LogP contribution in [-0.4, -0.2) is 25.3 Å². The molecule has 0 bridgehead atoms. The highest BCUT2D eigenvalue weighted by molar-refractivity contribution is 7.99. The SMILES string of the molecule is CCCc1noc(C(C)Sc2nnc(-c3sc(C)nc3C)o2)n1. The molecule has 0 fully saturated rings. The maximum Gasteiger partial charge on any atom is 0.277 e. The van der Waals surface area contributed by atoms with Gasteiger partial charge in [-0.15, -0.1) is 21.5 Å². The third-order valence-electron chi connectivity index (χ3n) is 3.09. The normalized spacial score (nSPS) is 12.7. The van der Waals surface area contributed by atoms with Crippen LogP contribution in [0.1, 0.15) is 47.9 Å². The minimum absolute atomic E-state index is 0.0503. The van der Waals surface area contributed by atoms with Gasteiger partial charge in [0.1, 0.15) is 4.88 Å². The molecule has 0 spiro atoms. The quantitative estimate of drug-likeness (QED) is 0.615. The Kier molecular flexibility index (Phi) is 4.76. The topological polar surface area (TPSA) is 90.7 Å². The zero-order valence-electron chi connectivity index (χ0n) is 13.4. The van der Waals surface area contributed by atoms with Crippen LogP contribution in [0.2, 0.25) is 0 Å². The van der Waals surface area contributed by atoms with Gasteiger partial charge in [0.25, 0.3) is 11.1 Å². The van der Waals surface area contributed by atoms with E-state index in [0.717, 1.165) is 34.2 Å². The summed E-state index contributed by atoms with van der Waals surface area (Å²) in [6, 6.07) is 0. The first-order chi connectivity index (χ1) is 11.1. The molecule has 3 rings (SSSR count). The van der Waals surface area contributed by atoms with Gasteiger partial charge in [0.15, 0.2) is 5.82 Å². The summed E-state index contributed by atoms with van der Waals surface area (Å²) in [5.41, 5.74) is 0.904. The summed E-state index contributed by atoms with van der Waals surface area (Å²) in [5, 5.41) is 13.6. The number of thiazole rings is 1. The average Bonchev–Trinajstić information content (AvgIpc) is 3.20. The molecule has 1 atom stereocenters. The van der Waals surface area contributed by atoms with Gasteiger partial charge >= 0.3 is 0 Å². The van der Waals surface area contributed by atoms with Gasteiger partial charge in [0.05, 0.1) is 16.0 Å². The van der Waals surface area contributed by atoms with Crippen LogP contribution in [0.25, 0.3) is 10.8 Å².